The minimum Gasteiger partial charge on any atom is -0.491 e. The molecule has 7 heteroatoms. The van der Waals surface area contributed by atoms with Gasteiger partial charge in [-0.2, -0.15) is 0 Å². The van der Waals surface area contributed by atoms with E-state index >= 15 is 0 Å². The second-order valence-electron chi connectivity index (χ2n) is 7.08. The number of hydrogen-bond donors (Lipinski definition) is 3. The molecule has 0 radical (unpaired) electrons. The summed E-state index contributed by atoms with van der Waals surface area (Å²) in [6.45, 7) is 7.40. The maximum Gasteiger partial charge on any atom is 0.319 e. The molecule has 7 nitrogen and oxygen atoms in total. The quantitative estimate of drug-likeness (QED) is 0.628. The first-order valence-corrected chi connectivity index (χ1v) is 9.14. The summed E-state index contributed by atoms with van der Waals surface area (Å²) < 4.78 is 5.74. The highest BCUT2D eigenvalue weighted by atomic mass is 16.5. The van der Waals surface area contributed by atoms with Gasteiger partial charge >= 0.3 is 12.0 Å². The van der Waals surface area contributed by atoms with Crippen molar-refractivity contribution in [3.8, 4) is 5.75 Å². The molecule has 1 fully saturated rings. The Morgan fingerprint density at radius 2 is 2.00 bits per heavy atom. The van der Waals surface area contributed by atoms with Crippen LogP contribution in [0, 0.1) is 5.92 Å². The highest BCUT2D eigenvalue weighted by molar-refractivity contribution is 5.91. The number of amides is 2. The summed E-state index contributed by atoms with van der Waals surface area (Å²) in [5, 5.41) is 14.7. The molecule has 2 rings (SSSR count). The van der Waals surface area contributed by atoms with Gasteiger partial charge in [0.05, 0.1) is 18.8 Å². The van der Waals surface area contributed by atoms with Gasteiger partial charge in [0.25, 0.3) is 0 Å². The number of aliphatic carboxylic acids is 1. The lowest BCUT2D eigenvalue weighted by molar-refractivity contribution is -0.139. The lowest BCUT2D eigenvalue weighted by atomic mass is 9.85. The Morgan fingerprint density at radius 3 is 2.62 bits per heavy atom. The topological polar surface area (TPSA) is 90.9 Å². The number of ether oxygens (including phenoxy) is 1. The molecular formula is C19H29N3O4. The zero-order chi connectivity index (χ0) is 19.1. The molecule has 3 N–H and O–H groups in total. The highest BCUT2D eigenvalue weighted by Gasteiger charge is 2.34. The smallest absolute Gasteiger partial charge is 0.319 e. The van der Waals surface area contributed by atoms with Crippen LogP contribution in [0.1, 0.15) is 33.6 Å². The second-order valence-corrected chi connectivity index (χ2v) is 7.08. The van der Waals surface area contributed by atoms with Crippen molar-refractivity contribution in [3.05, 3.63) is 24.3 Å². The molecule has 1 aliphatic rings. The van der Waals surface area contributed by atoms with Crippen LogP contribution in [0.4, 0.5) is 10.5 Å². The number of para-hydroxylation sites is 2. The number of benzene rings is 1. The molecule has 144 valence electrons. The summed E-state index contributed by atoms with van der Waals surface area (Å²) in [4.78, 5) is 25.0. The maximum absolute atomic E-state index is 12.2. The van der Waals surface area contributed by atoms with Crippen LogP contribution in [0.25, 0.3) is 0 Å². The highest BCUT2D eigenvalue weighted by Crippen LogP contribution is 2.27. The van der Waals surface area contributed by atoms with Crippen molar-refractivity contribution < 1.29 is 19.4 Å². The number of rotatable bonds is 9. The lowest BCUT2D eigenvalue weighted by Crippen LogP contribution is -2.55. The minimum atomic E-state index is -0.820. The van der Waals surface area contributed by atoms with Crippen molar-refractivity contribution in [2.45, 2.75) is 45.7 Å². The first-order valence-electron chi connectivity index (χ1n) is 9.14. The number of nitrogens with one attached hydrogen (secondary N) is 2. The Balaban J connectivity index is 1.81. The van der Waals surface area contributed by atoms with Crippen molar-refractivity contribution >= 4 is 17.7 Å². The predicted octanol–water partition coefficient (Wildman–Crippen LogP) is 2.78. The average Bonchev–Trinajstić information content (AvgIpc) is 2.55. The summed E-state index contributed by atoms with van der Waals surface area (Å²) >= 11 is 0. The van der Waals surface area contributed by atoms with Gasteiger partial charge in [-0.05, 0) is 37.4 Å². The number of likely N-dealkylation sites (N-methyl/N-ethyl adjacent to an activating group) is 1. The van der Waals surface area contributed by atoms with E-state index in [2.05, 4.69) is 24.5 Å². The van der Waals surface area contributed by atoms with Crippen LogP contribution < -0.4 is 15.4 Å². The van der Waals surface area contributed by atoms with Crippen LogP contribution in [-0.2, 0) is 4.79 Å². The van der Waals surface area contributed by atoms with Crippen molar-refractivity contribution in [2.75, 3.05) is 25.0 Å². The molecule has 0 saturated heterocycles. The molecule has 1 aromatic carbocycles. The molecule has 26 heavy (non-hydrogen) atoms. The monoisotopic (exact) mass is 363 g/mol. The van der Waals surface area contributed by atoms with Crippen LogP contribution in [0.3, 0.4) is 0 Å². The molecule has 1 saturated carbocycles. The fourth-order valence-electron chi connectivity index (χ4n) is 2.97. The third-order valence-corrected chi connectivity index (χ3v) is 4.42. The van der Waals surface area contributed by atoms with Gasteiger partial charge in [-0.3, -0.25) is 9.69 Å². The van der Waals surface area contributed by atoms with Gasteiger partial charge in [0.15, 0.2) is 0 Å². The van der Waals surface area contributed by atoms with E-state index < -0.39 is 5.97 Å². The third-order valence-electron chi connectivity index (χ3n) is 4.42. The predicted molar refractivity (Wildman–Crippen MR) is 101 cm³/mol. The molecule has 1 aliphatic carbocycles. The molecule has 0 unspecified atom stereocenters. The van der Waals surface area contributed by atoms with Crippen LogP contribution in [0.15, 0.2) is 24.3 Å². The first-order chi connectivity index (χ1) is 12.4. The Morgan fingerprint density at radius 1 is 1.31 bits per heavy atom. The van der Waals surface area contributed by atoms with E-state index in [4.69, 9.17) is 9.84 Å². The van der Waals surface area contributed by atoms with Gasteiger partial charge in [0.2, 0.25) is 0 Å². The molecule has 0 heterocycles. The van der Waals surface area contributed by atoms with Gasteiger partial charge in [0.1, 0.15) is 5.75 Å². The Hall–Kier alpha value is -2.28. The number of carboxylic acid groups (broad SMARTS) is 1. The zero-order valence-electron chi connectivity index (χ0n) is 15.7. The van der Waals surface area contributed by atoms with Crippen LogP contribution in [0.5, 0.6) is 5.75 Å². The molecule has 2 amide bonds. The van der Waals surface area contributed by atoms with E-state index in [-0.39, 0.29) is 24.7 Å². The fourth-order valence-corrected chi connectivity index (χ4v) is 2.97. The van der Waals surface area contributed by atoms with Crippen LogP contribution in [-0.4, -0.2) is 53.8 Å². The molecule has 0 aliphatic heterocycles. The fraction of sp³-hybridized carbons (Fsp3) is 0.579. The van der Waals surface area contributed by atoms with E-state index in [1.165, 1.54) is 0 Å². The number of urea groups is 1. The van der Waals surface area contributed by atoms with E-state index in [1.807, 2.05) is 36.1 Å². The van der Waals surface area contributed by atoms with Gasteiger partial charge < -0.3 is 20.5 Å². The zero-order valence-corrected chi connectivity index (χ0v) is 15.7. The van der Waals surface area contributed by atoms with Crippen LogP contribution in [0.2, 0.25) is 0 Å². The number of anilines is 1. The summed E-state index contributed by atoms with van der Waals surface area (Å²) in [5.74, 6) is 0.233. The summed E-state index contributed by atoms with van der Waals surface area (Å²) in [6, 6.07) is 7.37. The van der Waals surface area contributed by atoms with Gasteiger partial charge in [0, 0.05) is 12.1 Å². The standard InChI is InChI=1S/C19H29N3O4/c1-4-22(11-18(23)24)15-9-14(10-15)20-19(25)21-16-7-5-6-8-17(16)26-12-13(2)3/h5-8,13-15H,4,9-12H2,1-3H3,(H,23,24)(H2,20,21,25). The molecule has 1 aromatic rings. The van der Waals surface area contributed by atoms with E-state index in [1.54, 1.807) is 0 Å². The summed E-state index contributed by atoms with van der Waals surface area (Å²) in [7, 11) is 0. The van der Waals surface area contributed by atoms with Crippen molar-refractivity contribution in [3.63, 3.8) is 0 Å². The normalized spacial score (nSPS) is 19.1. The van der Waals surface area contributed by atoms with Gasteiger partial charge in [-0.15, -0.1) is 0 Å². The van der Waals surface area contributed by atoms with Crippen LogP contribution >= 0.6 is 0 Å². The van der Waals surface area contributed by atoms with Gasteiger partial charge in [-0.1, -0.05) is 32.9 Å². The van der Waals surface area contributed by atoms with Crippen molar-refractivity contribution in [1.29, 1.82) is 0 Å². The van der Waals surface area contributed by atoms with E-state index in [0.717, 1.165) is 12.8 Å². The molecule has 0 spiro atoms. The van der Waals surface area contributed by atoms with E-state index in [0.29, 0.717) is 30.5 Å². The molecular weight excluding hydrogens is 334 g/mol. The molecule has 0 bridgehead atoms. The minimum absolute atomic E-state index is 0.0423. The number of hydrogen-bond acceptors (Lipinski definition) is 4. The van der Waals surface area contributed by atoms with Crippen molar-refractivity contribution in [2.24, 2.45) is 5.92 Å². The Bertz CT molecular complexity index is 615. The van der Waals surface area contributed by atoms with Gasteiger partial charge in [-0.25, -0.2) is 4.79 Å². The molecule has 0 atom stereocenters. The van der Waals surface area contributed by atoms with Crippen molar-refractivity contribution in [1.82, 2.24) is 10.2 Å². The number of carboxylic acids is 1. The number of carbonyl (C=O) groups excluding carboxylic acids is 1. The first kappa shape index (κ1) is 20.0. The SMILES string of the molecule is CCN(CC(=O)O)C1CC(NC(=O)Nc2ccccc2OCC(C)C)C1. The number of nitrogens with zero attached hydrogens (tertiary/aromatic N) is 1. The van der Waals surface area contributed by atoms with E-state index in [9.17, 15) is 9.59 Å². The third kappa shape index (κ3) is 5.91. The summed E-state index contributed by atoms with van der Waals surface area (Å²) in [5.41, 5.74) is 0.641. The maximum atomic E-state index is 12.2. The second kappa shape index (κ2) is 9.43. The number of carbonyl (C=O) groups is 2. The Labute approximate surface area is 154 Å². The molecule has 0 aromatic heterocycles. The summed E-state index contributed by atoms with van der Waals surface area (Å²) in [6.07, 6.45) is 1.53. The average molecular weight is 363 g/mol. The lowest BCUT2D eigenvalue weighted by Gasteiger charge is -2.42. The Kier molecular flexibility index (Phi) is 7.26. The largest absolute Gasteiger partial charge is 0.491 e.